The Bertz CT molecular complexity index is 1230. The van der Waals surface area contributed by atoms with Crippen LogP contribution in [0.5, 0.6) is 0 Å². The van der Waals surface area contributed by atoms with Gasteiger partial charge >= 0.3 is 12.1 Å². The molecule has 3 aromatic rings. The van der Waals surface area contributed by atoms with Gasteiger partial charge in [-0.05, 0) is 47.9 Å². The van der Waals surface area contributed by atoms with Crippen molar-refractivity contribution < 1.29 is 32.6 Å². The van der Waals surface area contributed by atoms with Gasteiger partial charge in [-0.2, -0.15) is 0 Å². The summed E-state index contributed by atoms with van der Waals surface area (Å²) in [6.45, 7) is 2.13. The maximum atomic E-state index is 14.1. The molecule has 8 heteroatoms. The highest BCUT2D eigenvalue weighted by Crippen LogP contribution is 2.40. The molecule has 0 radical (unpaired) electrons. The molecule has 2 atom stereocenters. The maximum Gasteiger partial charge on any atom is 0.411 e. The minimum atomic E-state index is -1.16. The number of carboxylic acid groups (broad SMARTS) is 1. The van der Waals surface area contributed by atoms with E-state index in [0.717, 1.165) is 11.6 Å². The van der Waals surface area contributed by atoms with Gasteiger partial charge in [0.1, 0.15) is 23.1 Å². The Labute approximate surface area is 200 Å². The van der Waals surface area contributed by atoms with E-state index >= 15 is 0 Å². The topological polar surface area (TPSA) is 66.8 Å². The third-order valence-corrected chi connectivity index (χ3v) is 6.49. The first kappa shape index (κ1) is 24.3. The van der Waals surface area contributed by atoms with Crippen molar-refractivity contribution >= 4 is 12.1 Å². The van der Waals surface area contributed by atoms with Crippen LogP contribution in [0.1, 0.15) is 43.4 Å². The molecular weight excluding hydrogens is 459 g/mol. The Balaban J connectivity index is 1.53. The number of amides is 1. The van der Waals surface area contributed by atoms with Crippen molar-refractivity contribution in [3.8, 4) is 11.1 Å². The lowest BCUT2D eigenvalue weighted by molar-refractivity contribution is -0.139. The molecular formula is C27H24F3NO4. The lowest BCUT2D eigenvalue weighted by Gasteiger charge is -2.43. The zero-order valence-electron chi connectivity index (χ0n) is 19.0. The number of carbonyl (C=O) groups is 2. The van der Waals surface area contributed by atoms with E-state index in [-0.39, 0.29) is 24.4 Å². The normalized spacial score (nSPS) is 18.7. The first-order chi connectivity index (χ1) is 16.7. The van der Waals surface area contributed by atoms with Crippen molar-refractivity contribution in [3.63, 3.8) is 0 Å². The summed E-state index contributed by atoms with van der Waals surface area (Å²) in [7, 11) is 0. The number of ether oxygens (including phenoxy) is 1. The molecule has 5 nitrogen and oxygen atoms in total. The van der Waals surface area contributed by atoms with Crippen LogP contribution in [-0.4, -0.2) is 28.6 Å². The summed E-state index contributed by atoms with van der Waals surface area (Å²) >= 11 is 0. The summed E-state index contributed by atoms with van der Waals surface area (Å²) in [6.07, 6.45) is -0.408. The van der Waals surface area contributed by atoms with Crippen LogP contribution in [0.25, 0.3) is 11.1 Å². The first-order valence-electron chi connectivity index (χ1n) is 11.2. The Morgan fingerprint density at radius 1 is 1.03 bits per heavy atom. The molecule has 0 aromatic heterocycles. The molecule has 1 N–H and O–H groups in total. The van der Waals surface area contributed by atoms with E-state index < -0.39 is 35.1 Å². The van der Waals surface area contributed by atoms with E-state index in [1.165, 1.54) is 41.3 Å². The summed E-state index contributed by atoms with van der Waals surface area (Å²) in [5, 5.41) is 9.19. The van der Waals surface area contributed by atoms with Crippen molar-refractivity contribution in [2.45, 2.75) is 37.8 Å². The summed E-state index contributed by atoms with van der Waals surface area (Å²) < 4.78 is 46.6. The van der Waals surface area contributed by atoms with Gasteiger partial charge in [0, 0.05) is 37.4 Å². The highest BCUT2D eigenvalue weighted by atomic mass is 19.1. The number of carboxylic acids is 1. The summed E-state index contributed by atoms with van der Waals surface area (Å²) in [4.78, 5) is 25.8. The summed E-state index contributed by atoms with van der Waals surface area (Å²) in [5.41, 5.74) is 1.01. The van der Waals surface area contributed by atoms with Crippen LogP contribution in [0.15, 0.2) is 66.7 Å². The number of carbonyl (C=O) groups excluding carboxylic acids is 1. The molecule has 0 spiro atoms. The average molecular weight is 483 g/mol. The number of rotatable bonds is 7. The Morgan fingerprint density at radius 3 is 2.29 bits per heavy atom. The fraction of sp³-hybridized carbons (Fsp3) is 0.259. The van der Waals surface area contributed by atoms with Crippen LogP contribution in [-0.2, 0) is 15.1 Å². The van der Waals surface area contributed by atoms with Gasteiger partial charge in [-0.3, -0.25) is 4.79 Å². The highest BCUT2D eigenvalue weighted by molar-refractivity contribution is 5.71. The number of nitrogens with zero attached hydrogens (tertiary/aromatic N) is 1. The molecule has 35 heavy (non-hydrogen) atoms. The van der Waals surface area contributed by atoms with E-state index in [1.807, 2.05) is 6.92 Å². The zero-order valence-corrected chi connectivity index (χ0v) is 19.0. The highest BCUT2D eigenvalue weighted by Gasteiger charge is 2.43. The van der Waals surface area contributed by atoms with Crippen LogP contribution in [0, 0.1) is 17.5 Å². The third kappa shape index (κ3) is 5.16. The molecule has 0 saturated carbocycles. The van der Waals surface area contributed by atoms with E-state index in [9.17, 15) is 27.9 Å². The Morgan fingerprint density at radius 2 is 1.69 bits per heavy atom. The van der Waals surface area contributed by atoms with Crippen LogP contribution < -0.4 is 0 Å². The van der Waals surface area contributed by atoms with E-state index in [2.05, 4.69) is 0 Å². The van der Waals surface area contributed by atoms with Crippen molar-refractivity contribution in [3.05, 3.63) is 95.3 Å². The monoisotopic (exact) mass is 483 g/mol. The molecule has 1 heterocycles. The minimum Gasteiger partial charge on any atom is -0.481 e. The van der Waals surface area contributed by atoms with E-state index in [1.54, 1.807) is 24.3 Å². The fourth-order valence-corrected chi connectivity index (χ4v) is 4.45. The summed E-state index contributed by atoms with van der Waals surface area (Å²) in [5.74, 6) is -2.77. The van der Waals surface area contributed by atoms with Crippen LogP contribution in [0.3, 0.4) is 0 Å². The molecule has 1 aliphatic rings. The number of benzene rings is 3. The minimum absolute atomic E-state index is 0.0693. The second-order valence-electron chi connectivity index (χ2n) is 8.63. The molecule has 2 unspecified atom stereocenters. The number of hydrogen-bond donors (Lipinski definition) is 1. The van der Waals surface area contributed by atoms with Gasteiger partial charge < -0.3 is 14.7 Å². The second kappa shape index (κ2) is 9.82. The first-order valence-corrected chi connectivity index (χ1v) is 11.2. The molecule has 1 aliphatic heterocycles. The van der Waals surface area contributed by atoms with Crippen LogP contribution in [0.2, 0.25) is 0 Å². The van der Waals surface area contributed by atoms with Gasteiger partial charge in [-0.15, -0.1) is 0 Å². The third-order valence-electron chi connectivity index (χ3n) is 6.49. The Kier molecular flexibility index (Phi) is 6.82. The number of hydrogen-bond acceptors (Lipinski definition) is 3. The van der Waals surface area contributed by atoms with Crippen molar-refractivity contribution in [2.24, 2.45) is 0 Å². The molecule has 1 fully saturated rings. The molecule has 0 aliphatic carbocycles. The van der Waals surface area contributed by atoms with Crippen molar-refractivity contribution in [1.82, 2.24) is 4.90 Å². The second-order valence-corrected chi connectivity index (χ2v) is 8.63. The smallest absolute Gasteiger partial charge is 0.411 e. The predicted octanol–water partition coefficient (Wildman–Crippen LogP) is 6.43. The maximum absolute atomic E-state index is 14.1. The average Bonchev–Trinajstić information content (AvgIpc) is 2.83. The molecule has 0 bridgehead atoms. The van der Waals surface area contributed by atoms with Gasteiger partial charge in [0.25, 0.3) is 0 Å². The van der Waals surface area contributed by atoms with Crippen molar-refractivity contribution in [1.29, 1.82) is 0 Å². The molecule has 4 rings (SSSR count). The van der Waals surface area contributed by atoms with Gasteiger partial charge in [0.05, 0.1) is 6.04 Å². The Hall–Kier alpha value is -3.81. The lowest BCUT2D eigenvalue weighted by Crippen LogP contribution is -2.49. The summed E-state index contributed by atoms with van der Waals surface area (Å²) in [6, 6.07) is 15.5. The van der Waals surface area contributed by atoms with Gasteiger partial charge in [-0.25, -0.2) is 18.0 Å². The van der Waals surface area contributed by atoms with Crippen LogP contribution >= 0.6 is 0 Å². The largest absolute Gasteiger partial charge is 0.481 e. The molecule has 1 amide bonds. The molecule has 1 saturated heterocycles. The zero-order chi connectivity index (χ0) is 25.2. The SMILES string of the molecule is CC(c1ccc(-c2ccc(F)cc2F)cc1)N1CCC(CCC(=O)O)(c2ccc(F)cc2)OC1=O. The van der Waals surface area contributed by atoms with Gasteiger partial charge in [0.2, 0.25) is 0 Å². The van der Waals surface area contributed by atoms with Gasteiger partial charge in [-0.1, -0.05) is 36.4 Å². The quantitative estimate of drug-likeness (QED) is 0.420. The fourth-order valence-electron chi connectivity index (χ4n) is 4.45. The van der Waals surface area contributed by atoms with E-state index in [4.69, 9.17) is 4.74 Å². The number of halogens is 3. The van der Waals surface area contributed by atoms with Crippen molar-refractivity contribution in [2.75, 3.05) is 6.54 Å². The lowest BCUT2D eigenvalue weighted by atomic mass is 9.84. The number of aliphatic carboxylic acids is 1. The van der Waals surface area contributed by atoms with Crippen LogP contribution in [0.4, 0.5) is 18.0 Å². The predicted molar refractivity (Wildman–Crippen MR) is 123 cm³/mol. The standard InChI is InChI=1S/C27H24F3NO4/c1-17(18-2-4-19(5-3-18)23-11-10-22(29)16-24(23)30)31-15-14-27(35-26(31)34,13-12-25(32)33)20-6-8-21(28)9-7-20/h2-11,16-17H,12-15H2,1H3,(H,32,33). The molecule has 182 valence electrons. The molecule has 3 aromatic carbocycles. The number of cyclic esters (lactones) is 1. The van der Waals surface area contributed by atoms with E-state index in [0.29, 0.717) is 24.1 Å². The van der Waals surface area contributed by atoms with Gasteiger partial charge in [0.15, 0.2) is 0 Å².